The van der Waals surface area contributed by atoms with Gasteiger partial charge in [-0.2, -0.15) is 11.8 Å². The van der Waals surface area contributed by atoms with Crippen LogP contribution < -0.4 is 5.32 Å². The van der Waals surface area contributed by atoms with Crippen molar-refractivity contribution >= 4 is 11.8 Å². The van der Waals surface area contributed by atoms with E-state index in [9.17, 15) is 0 Å². The fraction of sp³-hybridized carbons (Fsp3) is 0.647. The molecular formula is C17H26N2S. The van der Waals surface area contributed by atoms with Gasteiger partial charge in [0.2, 0.25) is 0 Å². The molecule has 0 radical (unpaired) electrons. The minimum absolute atomic E-state index is 0.707. The van der Waals surface area contributed by atoms with E-state index in [2.05, 4.69) is 52.3 Å². The van der Waals surface area contributed by atoms with E-state index >= 15 is 0 Å². The smallest absolute Gasteiger partial charge is 0.0234 e. The first-order valence-corrected chi connectivity index (χ1v) is 9.13. The number of nitrogens with zero attached hydrogens (tertiary/aromatic N) is 1. The van der Waals surface area contributed by atoms with Crippen LogP contribution in [0.5, 0.6) is 0 Å². The summed E-state index contributed by atoms with van der Waals surface area (Å²) in [4.78, 5) is 2.61. The lowest BCUT2D eigenvalue weighted by Gasteiger charge is -2.33. The third-order valence-corrected chi connectivity index (χ3v) is 5.71. The van der Waals surface area contributed by atoms with Gasteiger partial charge in [-0.15, -0.1) is 0 Å². The SMILES string of the molecule is c1ccc(CN2CCCC(NCC3CCSC3)C2)cc1. The van der Waals surface area contributed by atoms with Crippen LogP contribution in [0.3, 0.4) is 0 Å². The Morgan fingerprint density at radius 2 is 2.10 bits per heavy atom. The number of hydrogen-bond donors (Lipinski definition) is 1. The lowest BCUT2D eigenvalue weighted by atomic mass is 10.0. The molecule has 2 unspecified atom stereocenters. The summed E-state index contributed by atoms with van der Waals surface area (Å²) in [7, 11) is 0. The molecule has 20 heavy (non-hydrogen) atoms. The topological polar surface area (TPSA) is 15.3 Å². The van der Waals surface area contributed by atoms with Crippen molar-refractivity contribution in [1.29, 1.82) is 0 Å². The fourth-order valence-electron chi connectivity index (χ4n) is 3.29. The second-order valence-corrected chi connectivity index (χ2v) is 7.35. The van der Waals surface area contributed by atoms with Gasteiger partial charge in [-0.05, 0) is 55.3 Å². The number of nitrogens with one attached hydrogen (secondary N) is 1. The van der Waals surface area contributed by atoms with Crippen LogP contribution >= 0.6 is 11.8 Å². The zero-order valence-corrected chi connectivity index (χ0v) is 13.1. The third kappa shape index (κ3) is 4.24. The van der Waals surface area contributed by atoms with Crippen molar-refractivity contribution in [2.24, 2.45) is 5.92 Å². The minimum atomic E-state index is 0.707. The van der Waals surface area contributed by atoms with Crippen LogP contribution in [0.15, 0.2) is 30.3 Å². The summed E-state index contributed by atoms with van der Waals surface area (Å²) in [5, 5.41) is 3.82. The normalized spacial score (nSPS) is 27.8. The summed E-state index contributed by atoms with van der Waals surface area (Å²) >= 11 is 2.12. The van der Waals surface area contributed by atoms with Gasteiger partial charge in [-0.25, -0.2) is 0 Å². The number of benzene rings is 1. The number of thioether (sulfide) groups is 1. The van der Waals surface area contributed by atoms with E-state index in [0.717, 1.165) is 12.5 Å². The average molecular weight is 290 g/mol. The molecule has 2 nitrogen and oxygen atoms in total. The summed E-state index contributed by atoms with van der Waals surface area (Å²) in [6.45, 7) is 4.82. The van der Waals surface area contributed by atoms with Gasteiger partial charge in [0.15, 0.2) is 0 Å². The lowest BCUT2D eigenvalue weighted by molar-refractivity contribution is 0.181. The van der Waals surface area contributed by atoms with Gasteiger partial charge in [0.25, 0.3) is 0 Å². The minimum Gasteiger partial charge on any atom is -0.312 e. The molecule has 2 saturated heterocycles. The monoisotopic (exact) mass is 290 g/mol. The van der Waals surface area contributed by atoms with Gasteiger partial charge in [0, 0.05) is 19.1 Å². The van der Waals surface area contributed by atoms with E-state index in [1.54, 1.807) is 0 Å². The molecule has 3 heteroatoms. The van der Waals surface area contributed by atoms with Gasteiger partial charge in [0.05, 0.1) is 0 Å². The van der Waals surface area contributed by atoms with Gasteiger partial charge in [-0.3, -0.25) is 4.90 Å². The molecule has 3 rings (SSSR count). The van der Waals surface area contributed by atoms with E-state index in [-0.39, 0.29) is 0 Å². The summed E-state index contributed by atoms with van der Waals surface area (Å²) in [6, 6.07) is 11.6. The molecule has 2 fully saturated rings. The van der Waals surface area contributed by atoms with Crippen LogP contribution in [0.25, 0.3) is 0 Å². The number of piperidine rings is 1. The highest BCUT2D eigenvalue weighted by molar-refractivity contribution is 7.99. The van der Waals surface area contributed by atoms with Gasteiger partial charge >= 0.3 is 0 Å². The summed E-state index contributed by atoms with van der Waals surface area (Å²) in [5.74, 6) is 3.66. The average Bonchev–Trinajstić information content (AvgIpc) is 3.00. The van der Waals surface area contributed by atoms with Crippen molar-refractivity contribution in [3.63, 3.8) is 0 Å². The second-order valence-electron chi connectivity index (χ2n) is 6.20. The van der Waals surface area contributed by atoms with Crippen LogP contribution in [0.1, 0.15) is 24.8 Å². The number of rotatable bonds is 5. The Kier molecular flexibility index (Phi) is 5.40. The van der Waals surface area contributed by atoms with Crippen molar-refractivity contribution in [2.75, 3.05) is 31.1 Å². The van der Waals surface area contributed by atoms with Crippen molar-refractivity contribution in [1.82, 2.24) is 10.2 Å². The van der Waals surface area contributed by atoms with Gasteiger partial charge in [0.1, 0.15) is 0 Å². The van der Waals surface area contributed by atoms with Crippen molar-refractivity contribution in [2.45, 2.75) is 31.8 Å². The lowest BCUT2D eigenvalue weighted by Crippen LogP contribution is -2.46. The summed E-state index contributed by atoms with van der Waals surface area (Å²) < 4.78 is 0. The summed E-state index contributed by atoms with van der Waals surface area (Å²) in [6.07, 6.45) is 4.10. The standard InChI is InChI=1S/C17H26N2S/c1-2-5-15(6-3-1)12-19-9-4-7-17(13-19)18-11-16-8-10-20-14-16/h1-3,5-6,16-18H,4,7-14H2. The van der Waals surface area contributed by atoms with Crippen LogP contribution in [-0.4, -0.2) is 42.1 Å². The molecule has 0 amide bonds. The Morgan fingerprint density at radius 1 is 1.20 bits per heavy atom. The third-order valence-electron chi connectivity index (χ3n) is 4.47. The number of likely N-dealkylation sites (tertiary alicyclic amines) is 1. The molecule has 1 aromatic carbocycles. The van der Waals surface area contributed by atoms with Crippen LogP contribution in [0.2, 0.25) is 0 Å². The molecular weight excluding hydrogens is 264 g/mol. The fourth-order valence-corrected chi connectivity index (χ4v) is 4.57. The van der Waals surface area contributed by atoms with Crippen LogP contribution in [0.4, 0.5) is 0 Å². The Hall–Kier alpha value is -0.510. The molecule has 1 N–H and O–H groups in total. The molecule has 110 valence electrons. The molecule has 2 heterocycles. The zero-order valence-electron chi connectivity index (χ0n) is 12.3. The van der Waals surface area contributed by atoms with Crippen molar-refractivity contribution in [3.05, 3.63) is 35.9 Å². The van der Waals surface area contributed by atoms with E-state index in [1.165, 1.54) is 56.0 Å². The first kappa shape index (κ1) is 14.4. The maximum absolute atomic E-state index is 3.82. The van der Waals surface area contributed by atoms with E-state index in [0.29, 0.717) is 6.04 Å². The van der Waals surface area contributed by atoms with Crippen molar-refractivity contribution < 1.29 is 0 Å². The quantitative estimate of drug-likeness (QED) is 0.897. The maximum Gasteiger partial charge on any atom is 0.0234 e. The second kappa shape index (κ2) is 7.48. The Balaban J connectivity index is 1.44. The van der Waals surface area contributed by atoms with Gasteiger partial charge in [-0.1, -0.05) is 30.3 Å². The first-order chi connectivity index (χ1) is 9.90. The van der Waals surface area contributed by atoms with E-state index in [4.69, 9.17) is 0 Å². The molecule has 0 spiro atoms. The van der Waals surface area contributed by atoms with E-state index in [1.807, 2.05) is 0 Å². The van der Waals surface area contributed by atoms with E-state index < -0.39 is 0 Å². The molecule has 0 aliphatic carbocycles. The molecule has 2 atom stereocenters. The first-order valence-electron chi connectivity index (χ1n) is 7.97. The molecule has 2 aliphatic rings. The molecule has 0 saturated carbocycles. The van der Waals surface area contributed by atoms with Crippen LogP contribution in [-0.2, 0) is 6.54 Å². The Labute approximate surface area is 127 Å². The maximum atomic E-state index is 3.82. The largest absolute Gasteiger partial charge is 0.312 e. The van der Waals surface area contributed by atoms with Crippen LogP contribution in [0, 0.1) is 5.92 Å². The summed E-state index contributed by atoms with van der Waals surface area (Å²) in [5.41, 5.74) is 1.44. The molecule has 0 bridgehead atoms. The highest BCUT2D eigenvalue weighted by Crippen LogP contribution is 2.23. The predicted octanol–water partition coefficient (Wildman–Crippen LogP) is 2.99. The zero-order chi connectivity index (χ0) is 13.6. The number of hydrogen-bond acceptors (Lipinski definition) is 3. The van der Waals surface area contributed by atoms with Crippen molar-refractivity contribution in [3.8, 4) is 0 Å². The molecule has 1 aromatic rings. The van der Waals surface area contributed by atoms with Gasteiger partial charge < -0.3 is 5.32 Å². The molecule has 2 aliphatic heterocycles. The highest BCUT2D eigenvalue weighted by atomic mass is 32.2. The Bertz CT molecular complexity index is 389. The predicted molar refractivity (Wildman–Crippen MR) is 88.2 cm³/mol. The highest BCUT2D eigenvalue weighted by Gasteiger charge is 2.21. The Morgan fingerprint density at radius 3 is 2.90 bits per heavy atom. The molecule has 0 aromatic heterocycles.